The first-order valence-electron chi connectivity index (χ1n) is 5.32. The van der Waals surface area contributed by atoms with E-state index >= 15 is 0 Å². The number of nitrogens with one attached hydrogen (secondary N) is 1. The second kappa shape index (κ2) is 4.30. The summed E-state index contributed by atoms with van der Waals surface area (Å²) in [5.74, 6) is 3.25. The minimum Gasteiger partial charge on any atom is -0.370 e. The van der Waals surface area contributed by atoms with E-state index in [2.05, 4.69) is 20.4 Å². The first-order chi connectivity index (χ1) is 7.70. The van der Waals surface area contributed by atoms with Gasteiger partial charge in [-0.1, -0.05) is 6.07 Å². The van der Waals surface area contributed by atoms with Crippen LogP contribution in [0.2, 0.25) is 0 Å². The van der Waals surface area contributed by atoms with Crippen molar-refractivity contribution in [2.45, 2.75) is 20.8 Å². The molecule has 2 aromatic rings. The highest BCUT2D eigenvalue weighted by Gasteiger charge is 2.06. The van der Waals surface area contributed by atoms with Gasteiger partial charge in [0, 0.05) is 6.54 Å². The normalized spacial score (nSPS) is 10.4. The lowest BCUT2D eigenvalue weighted by atomic mass is 10.4. The summed E-state index contributed by atoms with van der Waals surface area (Å²) in [5, 5.41) is 7.47. The van der Waals surface area contributed by atoms with Crippen LogP contribution in [0.4, 0.5) is 5.82 Å². The number of pyridine rings is 1. The van der Waals surface area contributed by atoms with E-state index in [4.69, 9.17) is 0 Å². The van der Waals surface area contributed by atoms with Gasteiger partial charge in [-0.15, -0.1) is 5.10 Å². The Labute approximate surface area is 94.5 Å². The zero-order valence-electron chi connectivity index (χ0n) is 9.73. The molecule has 0 unspecified atom stereocenters. The van der Waals surface area contributed by atoms with E-state index in [1.165, 1.54) is 0 Å². The summed E-state index contributed by atoms with van der Waals surface area (Å²) in [5.41, 5.74) is 0. The maximum Gasteiger partial charge on any atom is 0.157 e. The summed E-state index contributed by atoms with van der Waals surface area (Å²) in [7, 11) is 0. The van der Waals surface area contributed by atoms with Crippen molar-refractivity contribution in [1.82, 2.24) is 19.7 Å². The summed E-state index contributed by atoms with van der Waals surface area (Å²) >= 11 is 0. The molecule has 0 fully saturated rings. The molecule has 0 aromatic carbocycles. The molecule has 0 atom stereocenters. The third kappa shape index (κ3) is 2.03. The number of aryl methyl sites for hydroxylation is 2. The van der Waals surface area contributed by atoms with Crippen molar-refractivity contribution >= 4 is 5.82 Å². The molecule has 84 valence electrons. The molecule has 0 aliphatic rings. The van der Waals surface area contributed by atoms with E-state index in [9.17, 15) is 0 Å². The first kappa shape index (κ1) is 10.6. The number of hydrogen-bond acceptors (Lipinski definition) is 4. The van der Waals surface area contributed by atoms with E-state index in [-0.39, 0.29) is 0 Å². The number of nitrogens with zero attached hydrogens (tertiary/aromatic N) is 4. The fourth-order valence-corrected chi connectivity index (χ4v) is 1.56. The summed E-state index contributed by atoms with van der Waals surface area (Å²) in [6.07, 6.45) is 0. The molecule has 0 saturated carbocycles. The highest BCUT2D eigenvalue weighted by molar-refractivity contribution is 5.39. The Morgan fingerprint density at radius 2 is 2.06 bits per heavy atom. The average Bonchev–Trinajstić information content (AvgIpc) is 2.59. The van der Waals surface area contributed by atoms with Crippen LogP contribution in [0.25, 0.3) is 5.82 Å². The Kier molecular flexibility index (Phi) is 2.85. The molecule has 5 nitrogen and oxygen atoms in total. The predicted octanol–water partition coefficient (Wildman–Crippen LogP) is 1.71. The topological polar surface area (TPSA) is 55.6 Å². The molecule has 5 heteroatoms. The number of rotatable bonds is 3. The molecule has 2 rings (SSSR count). The third-order valence-electron chi connectivity index (χ3n) is 2.18. The van der Waals surface area contributed by atoms with E-state index in [1.54, 1.807) is 4.68 Å². The summed E-state index contributed by atoms with van der Waals surface area (Å²) < 4.78 is 1.75. The zero-order chi connectivity index (χ0) is 11.5. The number of hydrogen-bond donors (Lipinski definition) is 1. The summed E-state index contributed by atoms with van der Waals surface area (Å²) in [4.78, 5) is 8.71. The largest absolute Gasteiger partial charge is 0.370 e. The Balaban J connectivity index is 2.40. The van der Waals surface area contributed by atoms with Crippen LogP contribution in [0.1, 0.15) is 18.6 Å². The van der Waals surface area contributed by atoms with Crippen molar-refractivity contribution in [3.63, 3.8) is 0 Å². The van der Waals surface area contributed by atoms with Gasteiger partial charge >= 0.3 is 0 Å². The minimum absolute atomic E-state index is 0.758. The van der Waals surface area contributed by atoms with Gasteiger partial charge in [0.2, 0.25) is 0 Å². The zero-order valence-corrected chi connectivity index (χ0v) is 9.73. The maximum atomic E-state index is 4.46. The van der Waals surface area contributed by atoms with Crippen molar-refractivity contribution in [3.8, 4) is 5.82 Å². The second-order valence-electron chi connectivity index (χ2n) is 3.53. The van der Waals surface area contributed by atoms with E-state index in [0.29, 0.717) is 0 Å². The molecule has 0 radical (unpaired) electrons. The van der Waals surface area contributed by atoms with Crippen molar-refractivity contribution in [2.24, 2.45) is 0 Å². The monoisotopic (exact) mass is 217 g/mol. The van der Waals surface area contributed by atoms with Crippen molar-refractivity contribution in [3.05, 3.63) is 29.8 Å². The Bertz CT molecular complexity index is 489. The molecule has 0 bridgehead atoms. The van der Waals surface area contributed by atoms with Crippen molar-refractivity contribution in [1.29, 1.82) is 0 Å². The van der Waals surface area contributed by atoms with E-state index in [1.807, 2.05) is 39.0 Å². The first-order valence-corrected chi connectivity index (χ1v) is 5.32. The molecule has 1 N–H and O–H groups in total. The lowest BCUT2D eigenvalue weighted by Gasteiger charge is -2.05. The van der Waals surface area contributed by atoms with Gasteiger partial charge in [0.1, 0.15) is 17.5 Å². The molecule has 0 aliphatic heterocycles. The van der Waals surface area contributed by atoms with Gasteiger partial charge in [-0.2, -0.15) is 4.68 Å². The molecule has 0 aliphatic carbocycles. The lowest BCUT2D eigenvalue weighted by molar-refractivity contribution is 0.804. The van der Waals surface area contributed by atoms with Crippen LogP contribution < -0.4 is 5.32 Å². The Morgan fingerprint density at radius 1 is 1.25 bits per heavy atom. The van der Waals surface area contributed by atoms with Crippen LogP contribution in [-0.4, -0.2) is 26.3 Å². The van der Waals surface area contributed by atoms with Crippen LogP contribution in [-0.2, 0) is 0 Å². The molecule has 16 heavy (non-hydrogen) atoms. The maximum absolute atomic E-state index is 4.46. The van der Waals surface area contributed by atoms with Crippen LogP contribution in [0.15, 0.2) is 18.2 Å². The molecule has 0 saturated heterocycles. The number of aromatic nitrogens is 4. The lowest BCUT2D eigenvalue weighted by Crippen LogP contribution is -2.05. The van der Waals surface area contributed by atoms with Crippen LogP contribution in [0, 0.1) is 13.8 Å². The van der Waals surface area contributed by atoms with Gasteiger partial charge < -0.3 is 5.32 Å². The van der Waals surface area contributed by atoms with Gasteiger partial charge in [0.05, 0.1) is 0 Å². The van der Waals surface area contributed by atoms with Gasteiger partial charge in [0.25, 0.3) is 0 Å². The molecule has 0 amide bonds. The fourth-order valence-electron chi connectivity index (χ4n) is 1.56. The highest BCUT2D eigenvalue weighted by atomic mass is 15.4. The highest BCUT2D eigenvalue weighted by Crippen LogP contribution is 2.10. The molecule has 0 spiro atoms. The summed E-state index contributed by atoms with van der Waals surface area (Å²) in [6, 6.07) is 5.81. The van der Waals surface area contributed by atoms with Gasteiger partial charge in [-0.3, -0.25) is 0 Å². The van der Waals surface area contributed by atoms with Crippen LogP contribution in [0.3, 0.4) is 0 Å². The van der Waals surface area contributed by atoms with Gasteiger partial charge in [-0.05, 0) is 32.9 Å². The van der Waals surface area contributed by atoms with Crippen LogP contribution in [0.5, 0.6) is 0 Å². The molecule has 2 heterocycles. The van der Waals surface area contributed by atoms with E-state index in [0.717, 1.165) is 29.8 Å². The number of anilines is 1. The van der Waals surface area contributed by atoms with Gasteiger partial charge in [0.15, 0.2) is 5.82 Å². The standard InChI is InChI=1S/C11H15N5/c1-4-12-10-6-5-7-11(14-10)16-9(3)13-8(2)15-16/h5-7H,4H2,1-3H3,(H,12,14). The molecular formula is C11H15N5. The summed E-state index contributed by atoms with van der Waals surface area (Å²) in [6.45, 7) is 6.68. The van der Waals surface area contributed by atoms with E-state index < -0.39 is 0 Å². The minimum atomic E-state index is 0.758. The fraction of sp³-hybridized carbons (Fsp3) is 0.364. The second-order valence-corrected chi connectivity index (χ2v) is 3.53. The van der Waals surface area contributed by atoms with Gasteiger partial charge in [-0.25, -0.2) is 9.97 Å². The molecule has 2 aromatic heterocycles. The smallest absolute Gasteiger partial charge is 0.157 e. The van der Waals surface area contributed by atoms with Crippen molar-refractivity contribution in [2.75, 3.05) is 11.9 Å². The Hall–Kier alpha value is -1.91. The predicted molar refractivity (Wildman–Crippen MR) is 62.8 cm³/mol. The Morgan fingerprint density at radius 3 is 2.69 bits per heavy atom. The van der Waals surface area contributed by atoms with Crippen molar-refractivity contribution < 1.29 is 0 Å². The molecular weight excluding hydrogens is 202 g/mol. The third-order valence-corrected chi connectivity index (χ3v) is 2.18. The van der Waals surface area contributed by atoms with Crippen LogP contribution >= 0.6 is 0 Å². The average molecular weight is 217 g/mol. The quantitative estimate of drug-likeness (QED) is 0.850. The SMILES string of the molecule is CCNc1cccc(-n2nc(C)nc2C)n1.